The van der Waals surface area contributed by atoms with Gasteiger partial charge in [0.25, 0.3) is 0 Å². The third kappa shape index (κ3) is 7.16. The van der Waals surface area contributed by atoms with Crippen LogP contribution < -0.4 is 0 Å². The lowest BCUT2D eigenvalue weighted by Crippen LogP contribution is -2.37. The van der Waals surface area contributed by atoms with Crippen LogP contribution in [0, 0.1) is 23.3 Å². The molecule has 2 aromatic carbocycles. The van der Waals surface area contributed by atoms with Crippen LogP contribution in [0.5, 0.6) is 0 Å². The van der Waals surface area contributed by atoms with Crippen molar-refractivity contribution in [1.29, 1.82) is 0 Å². The number of benzene rings is 2. The van der Waals surface area contributed by atoms with Crippen molar-refractivity contribution in [2.45, 2.75) is 37.4 Å². The van der Waals surface area contributed by atoms with E-state index in [4.69, 9.17) is 0 Å². The second kappa shape index (κ2) is 12.9. The average Bonchev–Trinajstić information content (AvgIpc) is 3.79. The van der Waals surface area contributed by atoms with Gasteiger partial charge < -0.3 is 10.2 Å². The van der Waals surface area contributed by atoms with E-state index in [9.17, 15) is 27.8 Å². The molecule has 0 unspecified atom stereocenters. The summed E-state index contributed by atoms with van der Waals surface area (Å²) in [5.74, 6) is -3.12. The number of nitrogens with zero attached hydrogens (tertiary/aromatic N) is 12. The molecule has 0 aliphatic carbocycles. The molecule has 0 saturated heterocycles. The summed E-state index contributed by atoms with van der Waals surface area (Å²) in [5, 5.41) is 37.5. The Balaban J connectivity index is 0.000000175. The van der Waals surface area contributed by atoms with Crippen molar-refractivity contribution in [2.24, 2.45) is 0 Å². The summed E-state index contributed by atoms with van der Waals surface area (Å²) in [6, 6.07) is 6.04. The van der Waals surface area contributed by atoms with Crippen LogP contribution in [-0.2, 0) is 37.4 Å². The maximum atomic E-state index is 14.1. The summed E-state index contributed by atoms with van der Waals surface area (Å²) >= 11 is 0. The minimum atomic E-state index is -1.70. The number of aliphatic hydroxyl groups is 2. The van der Waals surface area contributed by atoms with Crippen LogP contribution >= 0.6 is 0 Å². The van der Waals surface area contributed by atoms with E-state index < -0.39 is 34.5 Å². The van der Waals surface area contributed by atoms with Gasteiger partial charge in [-0.25, -0.2) is 56.2 Å². The largest absolute Gasteiger partial charge is 0.381 e. The van der Waals surface area contributed by atoms with Gasteiger partial charge in [-0.1, -0.05) is 12.1 Å². The number of hydrogen-bond acceptors (Lipinski definition) is 10. The van der Waals surface area contributed by atoms with Gasteiger partial charge in [0.1, 0.15) is 85.1 Å². The smallest absolute Gasteiger partial charge is 0.137 e. The molecule has 0 bridgehead atoms. The van der Waals surface area contributed by atoms with Gasteiger partial charge in [0.05, 0.1) is 26.2 Å². The van der Waals surface area contributed by atoms with E-state index in [0.717, 1.165) is 24.3 Å². The van der Waals surface area contributed by atoms with Crippen LogP contribution in [-0.4, -0.2) is 69.3 Å². The van der Waals surface area contributed by atoms with Gasteiger partial charge >= 0.3 is 0 Å². The molecule has 2 N–H and O–H groups in total. The summed E-state index contributed by atoms with van der Waals surface area (Å²) in [7, 11) is 0. The van der Waals surface area contributed by atoms with Gasteiger partial charge in [-0.2, -0.15) is 20.4 Å². The molecule has 14 nitrogen and oxygen atoms in total. The zero-order chi connectivity index (χ0) is 31.2. The lowest BCUT2D eigenvalue weighted by atomic mass is 9.93. The van der Waals surface area contributed by atoms with E-state index in [1.807, 2.05) is 0 Å². The summed E-state index contributed by atoms with van der Waals surface area (Å²) in [6.07, 6.45) is 10.8. The molecular formula is C26H24F4N12O2. The van der Waals surface area contributed by atoms with Crippen molar-refractivity contribution in [3.8, 4) is 0 Å². The Morgan fingerprint density at radius 1 is 0.500 bits per heavy atom. The molecule has 4 heterocycles. The van der Waals surface area contributed by atoms with Gasteiger partial charge in [-0.05, 0) is 12.1 Å². The fourth-order valence-corrected chi connectivity index (χ4v) is 4.50. The van der Waals surface area contributed by atoms with Gasteiger partial charge in [0.2, 0.25) is 0 Å². The first-order chi connectivity index (χ1) is 21.1. The highest BCUT2D eigenvalue weighted by Gasteiger charge is 2.35. The number of halogens is 4. The van der Waals surface area contributed by atoms with Crippen LogP contribution in [0.15, 0.2) is 87.0 Å². The Kier molecular flexibility index (Phi) is 8.81. The molecular weight excluding hydrogens is 588 g/mol. The molecule has 0 amide bonds. The Labute approximate surface area is 245 Å². The van der Waals surface area contributed by atoms with Gasteiger partial charge in [0, 0.05) is 23.3 Å². The average molecular weight is 613 g/mol. The second-order valence-electron chi connectivity index (χ2n) is 9.68. The fraction of sp³-hybridized carbons (Fsp3) is 0.231. The normalized spacial score (nSPS) is 11.8. The van der Waals surface area contributed by atoms with Crippen LogP contribution in [0.25, 0.3) is 0 Å². The van der Waals surface area contributed by atoms with Gasteiger partial charge in [-0.15, -0.1) is 0 Å². The molecule has 18 heteroatoms. The summed E-state index contributed by atoms with van der Waals surface area (Å²) in [6.45, 7) is -0.296. The van der Waals surface area contributed by atoms with Crippen LogP contribution in [0.4, 0.5) is 17.6 Å². The van der Waals surface area contributed by atoms with Crippen molar-refractivity contribution in [2.75, 3.05) is 0 Å². The standard InChI is InChI=1S/2C13H12F2N6O/c2*14-10-1-2-11(12(15)3-10)13(22,4-20-8-16-6-18-20)5-21-9-17-7-19-21/h2*1-3,6-9,22H,4-5H2. The topological polar surface area (TPSA) is 163 Å². The Bertz CT molecular complexity index is 1550. The molecule has 6 aromatic rings. The molecule has 0 spiro atoms. The van der Waals surface area contributed by atoms with E-state index in [2.05, 4.69) is 40.3 Å². The van der Waals surface area contributed by atoms with Crippen LogP contribution in [0.2, 0.25) is 0 Å². The van der Waals surface area contributed by atoms with E-state index >= 15 is 0 Å². The molecule has 0 fully saturated rings. The van der Waals surface area contributed by atoms with Crippen molar-refractivity contribution in [3.63, 3.8) is 0 Å². The Morgan fingerprint density at radius 3 is 1.02 bits per heavy atom. The molecule has 0 atom stereocenters. The first-order valence-corrected chi connectivity index (χ1v) is 12.8. The van der Waals surface area contributed by atoms with Gasteiger partial charge in [-0.3, -0.25) is 0 Å². The molecule has 44 heavy (non-hydrogen) atoms. The molecule has 0 saturated carbocycles. The van der Waals surface area contributed by atoms with Crippen LogP contribution in [0.1, 0.15) is 11.1 Å². The highest BCUT2D eigenvalue weighted by molar-refractivity contribution is 5.26. The van der Waals surface area contributed by atoms with Crippen LogP contribution in [0.3, 0.4) is 0 Å². The van der Waals surface area contributed by atoms with Crippen molar-refractivity contribution >= 4 is 0 Å². The molecule has 0 aliphatic rings. The summed E-state index contributed by atoms with van der Waals surface area (Å²) < 4.78 is 59.9. The fourth-order valence-electron chi connectivity index (χ4n) is 4.50. The summed E-state index contributed by atoms with van der Waals surface area (Å²) in [5.41, 5.74) is -3.50. The van der Waals surface area contributed by atoms with Crippen molar-refractivity contribution < 1.29 is 27.8 Å². The highest BCUT2D eigenvalue weighted by Crippen LogP contribution is 2.29. The summed E-state index contributed by atoms with van der Waals surface area (Å²) in [4.78, 5) is 15.1. The lowest BCUT2D eigenvalue weighted by Gasteiger charge is -2.28. The molecule has 6 rings (SSSR count). The monoisotopic (exact) mass is 612 g/mol. The molecule has 4 aromatic heterocycles. The van der Waals surface area contributed by atoms with Gasteiger partial charge in [0.15, 0.2) is 0 Å². The molecule has 228 valence electrons. The lowest BCUT2D eigenvalue weighted by molar-refractivity contribution is -0.00900. The first-order valence-electron chi connectivity index (χ1n) is 12.8. The van der Waals surface area contributed by atoms with E-state index in [0.29, 0.717) is 0 Å². The minimum absolute atomic E-state index is 0.0556. The third-order valence-electron chi connectivity index (χ3n) is 6.43. The Morgan fingerprint density at radius 2 is 0.795 bits per heavy atom. The quantitative estimate of drug-likeness (QED) is 0.217. The minimum Gasteiger partial charge on any atom is -0.381 e. The predicted octanol–water partition coefficient (Wildman–Crippen LogP) is 1.47. The maximum absolute atomic E-state index is 14.1. The molecule has 0 radical (unpaired) electrons. The zero-order valence-electron chi connectivity index (χ0n) is 22.7. The zero-order valence-corrected chi connectivity index (χ0v) is 22.7. The maximum Gasteiger partial charge on any atom is 0.137 e. The van der Waals surface area contributed by atoms with E-state index in [1.165, 1.54) is 81.5 Å². The second-order valence-corrected chi connectivity index (χ2v) is 9.68. The van der Waals surface area contributed by atoms with Crippen molar-refractivity contribution in [3.05, 3.63) is 121 Å². The van der Waals surface area contributed by atoms with Crippen molar-refractivity contribution in [1.82, 2.24) is 59.1 Å². The Hall–Kier alpha value is -5.36. The number of rotatable bonds is 10. The molecule has 0 aliphatic heterocycles. The SMILES string of the molecule is OC(Cn1cncn1)(Cn1cncn1)c1ccc(F)cc1F.OC(Cn1cncn1)(Cn1cncn1)c1ccc(F)cc1F. The first kappa shape index (κ1) is 30.1. The predicted molar refractivity (Wildman–Crippen MR) is 141 cm³/mol. The third-order valence-corrected chi connectivity index (χ3v) is 6.43. The van der Waals surface area contributed by atoms with E-state index in [-0.39, 0.29) is 37.3 Å². The number of aromatic nitrogens is 12. The highest BCUT2D eigenvalue weighted by atomic mass is 19.1. The van der Waals surface area contributed by atoms with E-state index in [1.54, 1.807) is 0 Å². The number of hydrogen-bond donors (Lipinski definition) is 2.